The predicted octanol–water partition coefficient (Wildman–Crippen LogP) is 3.66. The molecule has 0 atom stereocenters. The third-order valence-corrected chi connectivity index (χ3v) is 8.60. The van der Waals surface area contributed by atoms with Crippen LogP contribution < -0.4 is 19.1 Å². The van der Waals surface area contributed by atoms with Crippen LogP contribution in [0.15, 0.2) is 76.5 Å². The molecule has 0 aliphatic heterocycles. The summed E-state index contributed by atoms with van der Waals surface area (Å²) >= 11 is 0. The fourth-order valence-electron chi connectivity index (χ4n) is 3.41. The molecule has 2 N–H and O–H groups in total. The number of carbonyl (C=O) groups is 1. The second-order valence-corrected chi connectivity index (χ2v) is 12.1. The van der Waals surface area contributed by atoms with Gasteiger partial charge in [-0.25, -0.2) is 25.9 Å². The van der Waals surface area contributed by atoms with Crippen LogP contribution in [0.1, 0.15) is 19.4 Å². The quantitative estimate of drug-likeness (QED) is 0.398. The van der Waals surface area contributed by atoms with Gasteiger partial charge in [-0.05, 0) is 75.4 Å². The molecular formula is C25H28FN3O6S2. The topological polar surface area (TPSA) is 122 Å². The summed E-state index contributed by atoms with van der Waals surface area (Å²) in [5.74, 6) is -1.17. The molecule has 0 heterocycles. The zero-order valence-electron chi connectivity index (χ0n) is 20.7. The number of ether oxygens (including phenoxy) is 1. The van der Waals surface area contributed by atoms with Crippen LogP contribution in [0, 0.1) is 12.7 Å². The normalized spacial score (nSPS) is 11.8. The SMILES string of the molecule is COc1ccc(S(=O)(=O)NC(C)C)cc1NC(=O)CN(c1ccc(F)cc1)S(=O)(=O)c1ccc(C)cc1. The summed E-state index contributed by atoms with van der Waals surface area (Å²) in [5, 5.41) is 2.54. The highest BCUT2D eigenvalue weighted by Gasteiger charge is 2.28. The molecule has 0 bridgehead atoms. The second-order valence-electron chi connectivity index (χ2n) is 8.49. The molecule has 3 aromatic carbocycles. The first-order valence-electron chi connectivity index (χ1n) is 11.2. The van der Waals surface area contributed by atoms with E-state index in [4.69, 9.17) is 4.74 Å². The molecule has 0 spiro atoms. The number of carbonyl (C=O) groups excluding carboxylic acids is 1. The maximum atomic E-state index is 13.5. The van der Waals surface area contributed by atoms with Crippen LogP contribution in [-0.2, 0) is 24.8 Å². The van der Waals surface area contributed by atoms with E-state index in [2.05, 4.69) is 10.0 Å². The Kier molecular flexibility index (Phi) is 8.57. The first kappa shape index (κ1) is 28.1. The van der Waals surface area contributed by atoms with Gasteiger partial charge in [-0.1, -0.05) is 17.7 Å². The van der Waals surface area contributed by atoms with Gasteiger partial charge in [-0.3, -0.25) is 9.10 Å². The average molecular weight is 550 g/mol. The fraction of sp³-hybridized carbons (Fsp3) is 0.240. The van der Waals surface area contributed by atoms with Crippen LogP contribution in [-0.4, -0.2) is 42.4 Å². The van der Waals surface area contributed by atoms with Crippen molar-refractivity contribution in [1.82, 2.24) is 4.72 Å². The standard InChI is InChI=1S/C25H28FN3O6S2/c1-17(2)28-36(31,32)22-13-14-24(35-4)23(15-22)27-25(30)16-29(20-9-7-19(26)8-10-20)37(33,34)21-11-5-18(3)6-12-21/h5-15,17,28H,16H2,1-4H3,(H,27,30). The number of aryl methyl sites for hydroxylation is 1. The Hall–Kier alpha value is -3.48. The molecule has 0 aromatic heterocycles. The van der Waals surface area contributed by atoms with Crippen molar-refractivity contribution in [3.8, 4) is 5.75 Å². The zero-order valence-corrected chi connectivity index (χ0v) is 22.4. The Morgan fingerprint density at radius 3 is 2.11 bits per heavy atom. The number of nitrogens with one attached hydrogen (secondary N) is 2. The maximum Gasteiger partial charge on any atom is 0.264 e. The Labute approximate surface area is 216 Å². The first-order chi connectivity index (χ1) is 17.3. The molecule has 12 heteroatoms. The van der Waals surface area contributed by atoms with Crippen molar-refractivity contribution in [2.24, 2.45) is 0 Å². The summed E-state index contributed by atoms with van der Waals surface area (Å²) in [4.78, 5) is 12.9. The Bertz CT molecular complexity index is 1470. The molecule has 3 aromatic rings. The van der Waals surface area contributed by atoms with Crippen molar-refractivity contribution in [1.29, 1.82) is 0 Å². The van der Waals surface area contributed by atoms with Gasteiger partial charge < -0.3 is 10.1 Å². The molecule has 9 nitrogen and oxygen atoms in total. The molecule has 37 heavy (non-hydrogen) atoms. The van der Waals surface area contributed by atoms with Crippen molar-refractivity contribution >= 4 is 37.3 Å². The van der Waals surface area contributed by atoms with Crippen LogP contribution in [0.5, 0.6) is 5.75 Å². The lowest BCUT2D eigenvalue weighted by molar-refractivity contribution is -0.114. The molecule has 0 unspecified atom stereocenters. The van der Waals surface area contributed by atoms with Gasteiger partial charge in [0.05, 0.1) is 28.3 Å². The van der Waals surface area contributed by atoms with Crippen LogP contribution >= 0.6 is 0 Å². The number of amides is 1. The summed E-state index contributed by atoms with van der Waals surface area (Å²) in [6, 6.07) is 14.3. The first-order valence-corrected chi connectivity index (χ1v) is 14.1. The van der Waals surface area contributed by atoms with Gasteiger partial charge >= 0.3 is 0 Å². The monoisotopic (exact) mass is 549 g/mol. The van der Waals surface area contributed by atoms with Crippen LogP contribution in [0.25, 0.3) is 0 Å². The molecule has 0 aliphatic rings. The van der Waals surface area contributed by atoms with E-state index in [0.29, 0.717) is 0 Å². The predicted molar refractivity (Wildman–Crippen MR) is 139 cm³/mol. The third kappa shape index (κ3) is 6.85. The number of nitrogens with zero attached hydrogens (tertiary/aromatic N) is 1. The van der Waals surface area contributed by atoms with E-state index in [1.165, 1.54) is 49.6 Å². The molecule has 0 aliphatic carbocycles. The van der Waals surface area contributed by atoms with Gasteiger partial charge in [0, 0.05) is 6.04 Å². The van der Waals surface area contributed by atoms with E-state index in [9.17, 15) is 26.0 Å². The van der Waals surface area contributed by atoms with E-state index >= 15 is 0 Å². The van der Waals surface area contributed by atoms with Crippen LogP contribution in [0.3, 0.4) is 0 Å². The minimum Gasteiger partial charge on any atom is -0.495 e. The number of anilines is 2. The van der Waals surface area contributed by atoms with Gasteiger partial charge in [-0.2, -0.15) is 0 Å². The number of hydrogen-bond donors (Lipinski definition) is 2. The molecule has 1 amide bonds. The highest BCUT2D eigenvalue weighted by atomic mass is 32.2. The maximum absolute atomic E-state index is 13.5. The lowest BCUT2D eigenvalue weighted by Gasteiger charge is -2.24. The van der Waals surface area contributed by atoms with Crippen molar-refractivity contribution in [2.45, 2.75) is 36.6 Å². The number of rotatable bonds is 10. The lowest BCUT2D eigenvalue weighted by Crippen LogP contribution is -2.38. The molecular weight excluding hydrogens is 521 g/mol. The summed E-state index contributed by atoms with van der Waals surface area (Å²) in [5.41, 5.74) is 0.950. The molecule has 3 rings (SSSR count). The lowest BCUT2D eigenvalue weighted by atomic mass is 10.2. The van der Waals surface area contributed by atoms with Crippen molar-refractivity contribution in [3.05, 3.63) is 78.1 Å². The Morgan fingerprint density at radius 2 is 1.54 bits per heavy atom. The van der Waals surface area contributed by atoms with E-state index in [0.717, 1.165) is 22.0 Å². The zero-order chi connectivity index (χ0) is 27.4. The number of sulfonamides is 2. The summed E-state index contributed by atoms with van der Waals surface area (Å²) < 4.78 is 74.2. The van der Waals surface area contributed by atoms with Crippen molar-refractivity contribution < 1.29 is 30.8 Å². The molecule has 0 saturated heterocycles. The summed E-state index contributed by atoms with van der Waals surface area (Å²) in [7, 11) is -6.75. The molecule has 198 valence electrons. The third-order valence-electron chi connectivity index (χ3n) is 5.16. The number of halogens is 1. The molecule has 0 fully saturated rings. The smallest absolute Gasteiger partial charge is 0.264 e. The molecule has 0 saturated carbocycles. The second kappa shape index (κ2) is 11.3. The van der Waals surface area contributed by atoms with E-state index in [1.54, 1.807) is 32.9 Å². The minimum atomic E-state index is -4.22. The summed E-state index contributed by atoms with van der Waals surface area (Å²) in [6.07, 6.45) is 0. The fourth-order valence-corrected chi connectivity index (χ4v) is 6.11. The van der Waals surface area contributed by atoms with E-state index < -0.39 is 38.3 Å². The Balaban J connectivity index is 1.97. The number of hydrogen-bond acceptors (Lipinski definition) is 6. The van der Waals surface area contributed by atoms with Gasteiger partial charge in [0.25, 0.3) is 10.0 Å². The van der Waals surface area contributed by atoms with E-state index in [-0.39, 0.29) is 33.0 Å². The minimum absolute atomic E-state index is 0.0333. The van der Waals surface area contributed by atoms with Crippen molar-refractivity contribution in [2.75, 3.05) is 23.3 Å². The highest BCUT2D eigenvalue weighted by molar-refractivity contribution is 7.92. The van der Waals surface area contributed by atoms with E-state index in [1.807, 2.05) is 0 Å². The largest absolute Gasteiger partial charge is 0.495 e. The summed E-state index contributed by atoms with van der Waals surface area (Å²) in [6.45, 7) is 4.47. The van der Waals surface area contributed by atoms with Gasteiger partial charge in [-0.15, -0.1) is 0 Å². The van der Waals surface area contributed by atoms with Gasteiger partial charge in [0.15, 0.2) is 0 Å². The molecule has 0 radical (unpaired) electrons. The number of methoxy groups -OCH3 is 1. The van der Waals surface area contributed by atoms with Gasteiger partial charge in [0.1, 0.15) is 18.1 Å². The number of benzene rings is 3. The Morgan fingerprint density at radius 1 is 0.946 bits per heavy atom. The van der Waals surface area contributed by atoms with Gasteiger partial charge in [0.2, 0.25) is 15.9 Å². The average Bonchev–Trinajstić information content (AvgIpc) is 2.82. The van der Waals surface area contributed by atoms with Crippen LogP contribution in [0.2, 0.25) is 0 Å². The van der Waals surface area contributed by atoms with Crippen LogP contribution in [0.4, 0.5) is 15.8 Å². The highest BCUT2D eigenvalue weighted by Crippen LogP contribution is 2.29. The van der Waals surface area contributed by atoms with Crippen molar-refractivity contribution in [3.63, 3.8) is 0 Å².